The van der Waals surface area contributed by atoms with Crippen molar-refractivity contribution < 1.29 is 9.63 Å². The number of hydrogen-bond donors (Lipinski definition) is 2. The van der Waals surface area contributed by atoms with Crippen LogP contribution in [-0.2, 0) is 9.63 Å². The Bertz CT molecular complexity index is 453. The number of nitrogens with one attached hydrogen (secondary N) is 1. The van der Waals surface area contributed by atoms with Crippen LogP contribution < -0.4 is 11.1 Å². The molecule has 5 nitrogen and oxygen atoms in total. The van der Waals surface area contributed by atoms with Crippen LogP contribution in [0.5, 0.6) is 0 Å². The first kappa shape index (κ1) is 14.4. The van der Waals surface area contributed by atoms with E-state index in [1.165, 1.54) is 0 Å². The number of benzene rings is 1. The van der Waals surface area contributed by atoms with Gasteiger partial charge in [-0.1, -0.05) is 23.2 Å². The highest BCUT2D eigenvalue weighted by molar-refractivity contribution is 6.40. The molecule has 0 aromatic heterocycles. The Balaban J connectivity index is 1.91. The van der Waals surface area contributed by atoms with Gasteiger partial charge in [0.05, 0.1) is 22.3 Å². The van der Waals surface area contributed by atoms with Crippen molar-refractivity contribution in [2.24, 2.45) is 0 Å². The minimum absolute atomic E-state index is 0.163. The van der Waals surface area contributed by atoms with Crippen molar-refractivity contribution in [3.63, 3.8) is 0 Å². The lowest BCUT2D eigenvalue weighted by Gasteiger charge is -2.14. The fourth-order valence-corrected chi connectivity index (χ4v) is 2.41. The third-order valence-electron chi connectivity index (χ3n) is 2.74. The molecule has 0 spiro atoms. The van der Waals surface area contributed by atoms with Gasteiger partial charge in [0.1, 0.15) is 0 Å². The number of halogens is 2. The number of nitrogen functional groups attached to an aromatic ring is 1. The molecule has 1 heterocycles. The lowest BCUT2D eigenvalue weighted by molar-refractivity contribution is -0.126. The van der Waals surface area contributed by atoms with Gasteiger partial charge in [-0.15, -0.1) is 0 Å². The Kier molecular flexibility index (Phi) is 4.87. The highest BCUT2D eigenvalue weighted by Gasteiger charge is 2.15. The summed E-state index contributed by atoms with van der Waals surface area (Å²) in [7, 11) is 0. The van der Waals surface area contributed by atoms with E-state index < -0.39 is 0 Å². The van der Waals surface area contributed by atoms with Gasteiger partial charge in [-0.25, -0.2) is 0 Å². The average molecular weight is 304 g/mol. The number of rotatable bonds is 4. The monoisotopic (exact) mass is 303 g/mol. The van der Waals surface area contributed by atoms with Gasteiger partial charge in [0.25, 0.3) is 0 Å². The molecule has 0 bridgehead atoms. The first-order chi connectivity index (χ1) is 9.06. The predicted octanol–water partition coefficient (Wildman–Crippen LogP) is 2.54. The third kappa shape index (κ3) is 3.98. The Labute approximate surface area is 121 Å². The van der Waals surface area contributed by atoms with Crippen molar-refractivity contribution in [2.75, 3.05) is 30.7 Å². The van der Waals surface area contributed by atoms with Crippen LogP contribution in [0.15, 0.2) is 12.1 Å². The molecule has 2 rings (SSSR count). The maximum absolute atomic E-state index is 11.8. The molecule has 7 heteroatoms. The molecule has 1 saturated heterocycles. The molecule has 0 atom stereocenters. The maximum Gasteiger partial charge on any atom is 0.225 e. The topological polar surface area (TPSA) is 67.6 Å². The summed E-state index contributed by atoms with van der Waals surface area (Å²) in [6, 6.07) is 3.10. The smallest absolute Gasteiger partial charge is 0.225 e. The molecular formula is C12H15Cl2N3O2. The molecule has 1 aromatic rings. The summed E-state index contributed by atoms with van der Waals surface area (Å²) in [6.45, 7) is 2.13. The van der Waals surface area contributed by atoms with Crippen molar-refractivity contribution >= 4 is 40.5 Å². The van der Waals surface area contributed by atoms with E-state index in [0.29, 0.717) is 34.4 Å². The molecule has 1 amide bonds. The standard InChI is InChI=1S/C12H15Cl2N3O2/c13-9-6-8(15)7-10(14)12(9)16-11(18)2-4-17-3-1-5-19-17/h6-7H,1-5,15H2,(H,16,18). The van der Waals surface area contributed by atoms with Crippen LogP contribution in [0.2, 0.25) is 10.0 Å². The molecule has 0 unspecified atom stereocenters. The van der Waals surface area contributed by atoms with Crippen LogP contribution in [-0.4, -0.2) is 30.7 Å². The number of anilines is 2. The van der Waals surface area contributed by atoms with Crippen molar-refractivity contribution in [1.29, 1.82) is 0 Å². The fourth-order valence-electron chi connectivity index (χ4n) is 1.82. The van der Waals surface area contributed by atoms with Crippen LogP contribution >= 0.6 is 23.2 Å². The minimum atomic E-state index is -0.163. The van der Waals surface area contributed by atoms with Gasteiger partial charge in [-0.3, -0.25) is 9.63 Å². The lowest BCUT2D eigenvalue weighted by atomic mass is 10.2. The number of carbonyl (C=O) groups is 1. The van der Waals surface area contributed by atoms with Gasteiger partial charge in [-0.05, 0) is 18.6 Å². The molecule has 1 aliphatic rings. The second kappa shape index (κ2) is 6.43. The summed E-state index contributed by atoms with van der Waals surface area (Å²) in [5.74, 6) is -0.163. The number of carbonyl (C=O) groups excluding carboxylic acids is 1. The molecule has 0 aliphatic carbocycles. The molecule has 0 radical (unpaired) electrons. The third-order valence-corrected chi connectivity index (χ3v) is 3.34. The van der Waals surface area contributed by atoms with Gasteiger partial charge in [-0.2, -0.15) is 5.06 Å². The number of nitrogens with zero attached hydrogens (tertiary/aromatic N) is 1. The highest BCUT2D eigenvalue weighted by atomic mass is 35.5. The maximum atomic E-state index is 11.8. The van der Waals surface area contributed by atoms with Crippen molar-refractivity contribution in [1.82, 2.24) is 5.06 Å². The molecule has 1 aliphatic heterocycles. The largest absolute Gasteiger partial charge is 0.399 e. The fraction of sp³-hybridized carbons (Fsp3) is 0.417. The van der Waals surface area contributed by atoms with Gasteiger partial charge in [0.2, 0.25) is 5.91 Å². The number of nitrogens with two attached hydrogens (primary N) is 1. The summed E-state index contributed by atoms with van der Waals surface area (Å²) in [5, 5.41) is 5.13. The van der Waals surface area contributed by atoms with Crippen molar-refractivity contribution in [2.45, 2.75) is 12.8 Å². The number of hydroxylamine groups is 2. The van der Waals surface area contributed by atoms with Crippen LogP contribution in [0.3, 0.4) is 0 Å². The van der Waals surface area contributed by atoms with E-state index in [2.05, 4.69) is 5.32 Å². The molecular weight excluding hydrogens is 289 g/mol. The zero-order valence-corrected chi connectivity index (χ0v) is 11.8. The zero-order chi connectivity index (χ0) is 13.8. The van der Waals surface area contributed by atoms with Gasteiger partial charge >= 0.3 is 0 Å². The summed E-state index contributed by atoms with van der Waals surface area (Å²) >= 11 is 12.0. The number of amides is 1. The normalized spacial score (nSPS) is 15.7. The second-order valence-electron chi connectivity index (χ2n) is 4.27. The first-order valence-corrected chi connectivity index (χ1v) is 6.74. The van der Waals surface area contributed by atoms with E-state index in [0.717, 1.165) is 19.6 Å². The van der Waals surface area contributed by atoms with Crippen LogP contribution in [0.1, 0.15) is 12.8 Å². The first-order valence-electron chi connectivity index (χ1n) is 5.98. The van der Waals surface area contributed by atoms with Gasteiger partial charge in [0, 0.05) is 25.2 Å². The Morgan fingerprint density at radius 2 is 2.11 bits per heavy atom. The summed E-state index contributed by atoms with van der Waals surface area (Å²) in [6.07, 6.45) is 1.31. The minimum Gasteiger partial charge on any atom is -0.399 e. The van der Waals surface area contributed by atoms with Gasteiger partial charge in [0.15, 0.2) is 0 Å². The molecule has 19 heavy (non-hydrogen) atoms. The van der Waals surface area contributed by atoms with Crippen molar-refractivity contribution in [3.05, 3.63) is 22.2 Å². The van der Waals surface area contributed by atoms with E-state index in [9.17, 15) is 4.79 Å². The van der Waals surface area contributed by atoms with Crippen LogP contribution in [0, 0.1) is 0 Å². The molecule has 0 saturated carbocycles. The summed E-state index contributed by atoms with van der Waals surface area (Å²) in [4.78, 5) is 17.1. The lowest BCUT2D eigenvalue weighted by Crippen LogP contribution is -2.24. The van der Waals surface area contributed by atoms with E-state index in [1.807, 2.05) is 0 Å². The number of hydrogen-bond acceptors (Lipinski definition) is 4. The quantitative estimate of drug-likeness (QED) is 0.839. The van der Waals surface area contributed by atoms with E-state index in [4.69, 9.17) is 33.8 Å². The van der Waals surface area contributed by atoms with Crippen LogP contribution in [0.4, 0.5) is 11.4 Å². The van der Waals surface area contributed by atoms with E-state index >= 15 is 0 Å². The second-order valence-corrected chi connectivity index (χ2v) is 5.09. The van der Waals surface area contributed by atoms with E-state index in [1.54, 1.807) is 17.2 Å². The molecule has 1 fully saturated rings. The Hall–Kier alpha value is -1.01. The zero-order valence-electron chi connectivity index (χ0n) is 10.3. The summed E-state index contributed by atoms with van der Waals surface area (Å²) in [5.41, 5.74) is 6.45. The molecule has 3 N–H and O–H groups in total. The Morgan fingerprint density at radius 3 is 2.68 bits per heavy atom. The SMILES string of the molecule is Nc1cc(Cl)c(NC(=O)CCN2CCCO2)c(Cl)c1. The van der Waals surface area contributed by atoms with E-state index in [-0.39, 0.29) is 5.91 Å². The Morgan fingerprint density at radius 1 is 1.42 bits per heavy atom. The predicted molar refractivity (Wildman–Crippen MR) is 76.3 cm³/mol. The van der Waals surface area contributed by atoms with Gasteiger partial charge < -0.3 is 11.1 Å². The average Bonchev–Trinajstić information content (AvgIpc) is 2.84. The van der Waals surface area contributed by atoms with Crippen LogP contribution in [0.25, 0.3) is 0 Å². The summed E-state index contributed by atoms with van der Waals surface area (Å²) < 4.78 is 0. The molecule has 1 aromatic carbocycles. The highest BCUT2D eigenvalue weighted by Crippen LogP contribution is 2.32. The molecule has 104 valence electrons. The van der Waals surface area contributed by atoms with Crippen molar-refractivity contribution in [3.8, 4) is 0 Å².